The average Bonchev–Trinajstić information content (AvgIpc) is 3.70. The Morgan fingerprint density at radius 3 is 2.10 bits per heavy atom. The van der Waals surface area contributed by atoms with Gasteiger partial charge < -0.3 is 8.98 Å². The first-order chi connectivity index (χ1) is 20.3. The molecule has 0 atom stereocenters. The predicted octanol–water partition coefficient (Wildman–Crippen LogP) is 9.79. The Hall–Kier alpha value is -5.61. The first kappa shape index (κ1) is 21.2. The van der Waals surface area contributed by atoms with Crippen LogP contribution in [-0.4, -0.2) is 14.0 Å². The van der Waals surface area contributed by atoms with E-state index in [4.69, 9.17) is 9.40 Å². The SMILES string of the molecule is c1ccc2c(c1)nc1c3ccccc3c3c4c(ccc3n21)c1ccccc1n4-c1ccc2oc3ccccc3c2c1. The molecule has 4 heteroatoms. The molecule has 0 saturated heterocycles. The zero-order valence-electron chi connectivity index (χ0n) is 21.9. The number of furan rings is 1. The van der Waals surface area contributed by atoms with Gasteiger partial charge in [-0.25, -0.2) is 4.98 Å². The van der Waals surface area contributed by atoms with Crippen molar-refractivity contribution < 1.29 is 4.42 Å². The fourth-order valence-corrected chi connectivity index (χ4v) is 6.97. The number of hydrogen-bond donors (Lipinski definition) is 0. The van der Waals surface area contributed by atoms with Crippen molar-refractivity contribution in [2.75, 3.05) is 0 Å². The van der Waals surface area contributed by atoms with E-state index < -0.39 is 0 Å². The lowest BCUT2D eigenvalue weighted by atomic mass is 10.0. The Balaban J connectivity index is 1.47. The van der Waals surface area contributed by atoms with E-state index in [9.17, 15) is 0 Å². The molecule has 41 heavy (non-hydrogen) atoms. The van der Waals surface area contributed by atoms with Gasteiger partial charge in [0.05, 0.1) is 27.6 Å². The third-order valence-electron chi connectivity index (χ3n) is 8.67. The fraction of sp³-hybridized carbons (Fsp3) is 0. The molecule has 0 aliphatic carbocycles. The highest BCUT2D eigenvalue weighted by atomic mass is 16.3. The molecule has 0 amide bonds. The Labute approximate surface area is 233 Å². The Kier molecular flexibility index (Phi) is 3.90. The molecule has 0 unspecified atom stereocenters. The maximum absolute atomic E-state index is 6.19. The number of para-hydroxylation sites is 4. The molecule has 0 aliphatic rings. The molecule has 10 aromatic rings. The van der Waals surface area contributed by atoms with Gasteiger partial charge in [0.15, 0.2) is 0 Å². The van der Waals surface area contributed by atoms with Crippen LogP contribution in [0.5, 0.6) is 0 Å². The van der Waals surface area contributed by atoms with Gasteiger partial charge in [-0.1, -0.05) is 78.9 Å². The molecule has 0 spiro atoms. The van der Waals surface area contributed by atoms with E-state index in [1.54, 1.807) is 0 Å². The van der Waals surface area contributed by atoms with Crippen LogP contribution in [0.3, 0.4) is 0 Å². The molecule has 0 N–H and O–H groups in total. The highest BCUT2D eigenvalue weighted by Crippen LogP contribution is 2.42. The summed E-state index contributed by atoms with van der Waals surface area (Å²) in [5.74, 6) is 0. The van der Waals surface area contributed by atoms with E-state index in [1.165, 1.54) is 32.6 Å². The lowest BCUT2D eigenvalue weighted by Gasteiger charge is -2.14. The minimum Gasteiger partial charge on any atom is -0.456 e. The maximum Gasteiger partial charge on any atom is 0.146 e. The van der Waals surface area contributed by atoms with Crippen molar-refractivity contribution in [3.63, 3.8) is 0 Å². The molecule has 0 bridgehead atoms. The summed E-state index contributed by atoms with van der Waals surface area (Å²) in [6.45, 7) is 0. The highest BCUT2D eigenvalue weighted by molar-refractivity contribution is 6.27. The molecule has 6 aromatic carbocycles. The maximum atomic E-state index is 6.19. The molecule has 190 valence electrons. The standard InChI is InChI=1S/C37H21N3O/c1-2-12-27-25(11-1)35-32(40-31-15-7-5-13-29(31)38-37(27)40)19-18-26-23-9-3-6-14-30(23)39(36(26)35)22-17-20-34-28(21-22)24-10-4-8-16-33(24)41-34/h1-21H. The average molecular weight is 524 g/mol. The van der Waals surface area contributed by atoms with Crippen molar-refractivity contribution >= 4 is 82.1 Å². The molecular formula is C37H21N3O. The quantitative estimate of drug-likeness (QED) is 0.201. The third-order valence-corrected chi connectivity index (χ3v) is 8.67. The number of nitrogens with zero attached hydrogens (tertiary/aromatic N) is 3. The number of aromatic nitrogens is 3. The van der Waals surface area contributed by atoms with Crippen molar-refractivity contribution in [2.24, 2.45) is 0 Å². The summed E-state index contributed by atoms with van der Waals surface area (Å²) in [7, 11) is 0. The number of fused-ring (bicyclic) bond motifs is 15. The largest absolute Gasteiger partial charge is 0.456 e. The molecule has 10 rings (SSSR count). The molecule has 0 fully saturated rings. The molecule has 0 saturated carbocycles. The minimum atomic E-state index is 0.901. The summed E-state index contributed by atoms with van der Waals surface area (Å²) in [5.41, 5.74) is 9.57. The van der Waals surface area contributed by atoms with Gasteiger partial charge in [0.25, 0.3) is 0 Å². The second-order valence-corrected chi connectivity index (χ2v) is 10.8. The van der Waals surface area contributed by atoms with E-state index in [2.05, 4.69) is 124 Å². The van der Waals surface area contributed by atoms with Crippen molar-refractivity contribution in [2.45, 2.75) is 0 Å². The number of benzene rings is 6. The number of rotatable bonds is 1. The number of imidazole rings is 1. The normalized spacial score (nSPS) is 12.4. The van der Waals surface area contributed by atoms with Crippen molar-refractivity contribution in [1.82, 2.24) is 14.0 Å². The van der Waals surface area contributed by atoms with Gasteiger partial charge >= 0.3 is 0 Å². The highest BCUT2D eigenvalue weighted by Gasteiger charge is 2.21. The lowest BCUT2D eigenvalue weighted by Crippen LogP contribution is -1.97. The van der Waals surface area contributed by atoms with Gasteiger partial charge in [-0.15, -0.1) is 0 Å². The molecular weight excluding hydrogens is 502 g/mol. The van der Waals surface area contributed by atoms with Gasteiger partial charge in [0.2, 0.25) is 0 Å². The van der Waals surface area contributed by atoms with Gasteiger partial charge in [-0.2, -0.15) is 0 Å². The minimum absolute atomic E-state index is 0.901. The van der Waals surface area contributed by atoms with Crippen LogP contribution in [0.15, 0.2) is 132 Å². The second-order valence-electron chi connectivity index (χ2n) is 10.8. The summed E-state index contributed by atoms with van der Waals surface area (Å²) < 4.78 is 11.0. The van der Waals surface area contributed by atoms with Crippen LogP contribution >= 0.6 is 0 Å². The molecule has 4 nitrogen and oxygen atoms in total. The smallest absolute Gasteiger partial charge is 0.146 e. The van der Waals surface area contributed by atoms with Gasteiger partial charge in [0, 0.05) is 38.0 Å². The molecule has 4 heterocycles. The van der Waals surface area contributed by atoms with Crippen molar-refractivity contribution in [1.29, 1.82) is 0 Å². The Bertz CT molecular complexity index is 2700. The van der Waals surface area contributed by atoms with E-state index >= 15 is 0 Å². The van der Waals surface area contributed by atoms with Gasteiger partial charge in [-0.05, 0) is 53.9 Å². The van der Waals surface area contributed by atoms with E-state index in [0.717, 1.165) is 55.2 Å². The van der Waals surface area contributed by atoms with Crippen LogP contribution in [-0.2, 0) is 0 Å². The van der Waals surface area contributed by atoms with Crippen molar-refractivity contribution in [3.8, 4) is 5.69 Å². The summed E-state index contributed by atoms with van der Waals surface area (Å²) >= 11 is 0. The topological polar surface area (TPSA) is 35.4 Å². The summed E-state index contributed by atoms with van der Waals surface area (Å²) in [6.07, 6.45) is 0. The second kappa shape index (κ2) is 7.52. The lowest BCUT2D eigenvalue weighted by molar-refractivity contribution is 0.669. The zero-order valence-corrected chi connectivity index (χ0v) is 21.9. The van der Waals surface area contributed by atoms with Gasteiger partial charge in [0.1, 0.15) is 16.8 Å². The van der Waals surface area contributed by atoms with Crippen LogP contribution in [0.2, 0.25) is 0 Å². The Morgan fingerprint density at radius 2 is 1.20 bits per heavy atom. The first-order valence-corrected chi connectivity index (χ1v) is 13.9. The van der Waals surface area contributed by atoms with Crippen LogP contribution in [0, 0.1) is 0 Å². The molecule has 0 aliphatic heterocycles. The third kappa shape index (κ3) is 2.66. The monoisotopic (exact) mass is 523 g/mol. The fourth-order valence-electron chi connectivity index (χ4n) is 6.97. The number of pyridine rings is 1. The number of hydrogen-bond acceptors (Lipinski definition) is 2. The van der Waals surface area contributed by atoms with Crippen LogP contribution < -0.4 is 0 Å². The van der Waals surface area contributed by atoms with E-state index in [0.29, 0.717) is 0 Å². The van der Waals surface area contributed by atoms with E-state index in [-0.39, 0.29) is 0 Å². The van der Waals surface area contributed by atoms with Crippen LogP contribution in [0.4, 0.5) is 0 Å². The summed E-state index contributed by atoms with van der Waals surface area (Å²) in [4.78, 5) is 5.10. The van der Waals surface area contributed by atoms with E-state index in [1.807, 2.05) is 12.1 Å². The summed E-state index contributed by atoms with van der Waals surface area (Å²) in [6, 6.07) is 45.2. The zero-order chi connectivity index (χ0) is 26.7. The van der Waals surface area contributed by atoms with Crippen LogP contribution in [0.1, 0.15) is 0 Å². The Morgan fingerprint density at radius 1 is 0.488 bits per heavy atom. The first-order valence-electron chi connectivity index (χ1n) is 13.9. The summed E-state index contributed by atoms with van der Waals surface area (Å²) in [5, 5.41) is 8.30. The predicted molar refractivity (Wildman–Crippen MR) is 169 cm³/mol. The van der Waals surface area contributed by atoms with Gasteiger partial charge in [-0.3, -0.25) is 4.40 Å². The molecule has 0 radical (unpaired) electrons. The molecule has 4 aromatic heterocycles. The van der Waals surface area contributed by atoms with Crippen molar-refractivity contribution in [3.05, 3.63) is 127 Å². The van der Waals surface area contributed by atoms with Crippen LogP contribution in [0.25, 0.3) is 87.8 Å².